The predicted octanol–water partition coefficient (Wildman–Crippen LogP) is 2.94. The third kappa shape index (κ3) is 2.94. The first kappa shape index (κ1) is 17.0. The van der Waals surface area contributed by atoms with E-state index in [2.05, 4.69) is 12.0 Å². The number of aromatic nitrogens is 2. The zero-order valence-corrected chi connectivity index (χ0v) is 15.0. The van der Waals surface area contributed by atoms with E-state index in [9.17, 15) is 4.79 Å². The Hall–Kier alpha value is -1.85. The molecular weight excluding hydrogens is 324 g/mol. The van der Waals surface area contributed by atoms with Crippen molar-refractivity contribution in [2.45, 2.75) is 32.4 Å². The smallest absolute Gasteiger partial charge is 0.257 e. The summed E-state index contributed by atoms with van der Waals surface area (Å²) in [5, 5.41) is 5.06. The SMILES string of the molecule is C[C@H]1CCN(C(=O)c2cn(C)nc2-c2ccccc2Cl)[C@@H](C)[C@H]1N. The van der Waals surface area contributed by atoms with E-state index in [1.165, 1.54) is 0 Å². The lowest BCUT2D eigenvalue weighted by molar-refractivity contribution is 0.0540. The van der Waals surface area contributed by atoms with Gasteiger partial charge in [-0.25, -0.2) is 0 Å². The van der Waals surface area contributed by atoms with Crippen LogP contribution in [-0.4, -0.2) is 39.2 Å². The molecule has 6 heteroatoms. The van der Waals surface area contributed by atoms with Gasteiger partial charge < -0.3 is 10.6 Å². The maximum atomic E-state index is 13.2. The summed E-state index contributed by atoms with van der Waals surface area (Å²) in [6.07, 6.45) is 2.68. The molecule has 1 aromatic heterocycles. The number of benzene rings is 1. The van der Waals surface area contributed by atoms with Crippen LogP contribution in [0.4, 0.5) is 0 Å². The average molecular weight is 347 g/mol. The van der Waals surface area contributed by atoms with Gasteiger partial charge >= 0.3 is 0 Å². The molecule has 1 aliphatic rings. The predicted molar refractivity (Wildman–Crippen MR) is 95.9 cm³/mol. The highest BCUT2D eigenvalue weighted by atomic mass is 35.5. The minimum Gasteiger partial charge on any atom is -0.334 e. The molecule has 2 aromatic rings. The Labute approximate surface area is 147 Å². The van der Waals surface area contributed by atoms with Crippen LogP contribution >= 0.6 is 11.6 Å². The highest BCUT2D eigenvalue weighted by Gasteiger charge is 2.35. The number of nitrogens with zero attached hydrogens (tertiary/aromatic N) is 3. The number of carbonyl (C=O) groups excluding carboxylic acids is 1. The fraction of sp³-hybridized carbons (Fsp3) is 0.444. The number of amides is 1. The first-order valence-electron chi connectivity index (χ1n) is 8.25. The van der Waals surface area contributed by atoms with E-state index in [4.69, 9.17) is 17.3 Å². The maximum Gasteiger partial charge on any atom is 0.257 e. The molecule has 0 spiro atoms. The largest absolute Gasteiger partial charge is 0.334 e. The Morgan fingerprint density at radius 1 is 1.33 bits per heavy atom. The van der Waals surface area contributed by atoms with Gasteiger partial charge in [-0.05, 0) is 25.3 Å². The second kappa shape index (κ2) is 6.57. The molecule has 0 aliphatic carbocycles. The first-order valence-corrected chi connectivity index (χ1v) is 8.63. The standard InChI is InChI=1S/C18H23ClN4O/c1-11-8-9-23(12(2)16(11)20)18(24)14-10-22(3)21-17(14)13-6-4-5-7-15(13)19/h4-7,10-12,16H,8-9,20H2,1-3H3/t11-,12-,16-/m0/s1. The molecule has 1 amide bonds. The van der Waals surface area contributed by atoms with Gasteiger partial charge in [0, 0.05) is 37.4 Å². The van der Waals surface area contributed by atoms with Crippen molar-refractivity contribution < 1.29 is 4.79 Å². The number of carbonyl (C=O) groups is 1. The zero-order chi connectivity index (χ0) is 17.4. The molecule has 0 saturated carbocycles. The summed E-state index contributed by atoms with van der Waals surface area (Å²) in [7, 11) is 1.81. The van der Waals surface area contributed by atoms with Crippen molar-refractivity contribution in [1.29, 1.82) is 0 Å². The fourth-order valence-electron chi connectivity index (χ4n) is 3.36. The van der Waals surface area contributed by atoms with E-state index >= 15 is 0 Å². The van der Waals surface area contributed by atoms with Gasteiger partial charge in [-0.2, -0.15) is 5.10 Å². The molecule has 2 N–H and O–H groups in total. The molecule has 1 aliphatic heterocycles. The van der Waals surface area contributed by atoms with Gasteiger partial charge in [0.1, 0.15) is 5.69 Å². The van der Waals surface area contributed by atoms with Gasteiger partial charge in [-0.1, -0.05) is 36.7 Å². The molecule has 1 aromatic carbocycles. The number of rotatable bonds is 2. The molecule has 2 heterocycles. The highest BCUT2D eigenvalue weighted by Crippen LogP contribution is 2.31. The Morgan fingerprint density at radius 2 is 2.04 bits per heavy atom. The van der Waals surface area contributed by atoms with Gasteiger partial charge in [-0.3, -0.25) is 9.48 Å². The number of halogens is 1. The Balaban J connectivity index is 1.98. The molecule has 3 rings (SSSR count). The van der Waals surface area contributed by atoms with E-state index in [1.54, 1.807) is 16.9 Å². The monoisotopic (exact) mass is 346 g/mol. The van der Waals surface area contributed by atoms with E-state index in [0.717, 1.165) is 12.0 Å². The number of piperidine rings is 1. The first-order chi connectivity index (χ1) is 11.4. The summed E-state index contributed by atoms with van der Waals surface area (Å²) in [6, 6.07) is 7.44. The van der Waals surface area contributed by atoms with Crippen molar-refractivity contribution in [1.82, 2.24) is 14.7 Å². The summed E-state index contributed by atoms with van der Waals surface area (Å²) in [5.74, 6) is 0.383. The Kier molecular flexibility index (Phi) is 4.65. The van der Waals surface area contributed by atoms with E-state index < -0.39 is 0 Å². The molecule has 5 nitrogen and oxygen atoms in total. The van der Waals surface area contributed by atoms with Crippen LogP contribution in [0, 0.1) is 5.92 Å². The number of likely N-dealkylation sites (tertiary alicyclic amines) is 1. The minimum atomic E-state index is -0.0344. The third-order valence-electron chi connectivity index (χ3n) is 4.98. The van der Waals surface area contributed by atoms with Crippen LogP contribution in [0.25, 0.3) is 11.3 Å². The maximum absolute atomic E-state index is 13.2. The quantitative estimate of drug-likeness (QED) is 0.909. The molecule has 0 unspecified atom stereocenters. The van der Waals surface area contributed by atoms with Crippen LogP contribution in [0.1, 0.15) is 30.6 Å². The van der Waals surface area contributed by atoms with E-state index in [0.29, 0.717) is 28.7 Å². The second-order valence-electron chi connectivity index (χ2n) is 6.63. The number of nitrogens with two attached hydrogens (primary N) is 1. The summed E-state index contributed by atoms with van der Waals surface area (Å²) < 4.78 is 1.66. The van der Waals surface area contributed by atoms with Crippen LogP contribution in [-0.2, 0) is 7.05 Å². The van der Waals surface area contributed by atoms with Crippen LogP contribution in [0.15, 0.2) is 30.5 Å². The van der Waals surface area contributed by atoms with E-state index in [-0.39, 0.29) is 18.0 Å². The van der Waals surface area contributed by atoms with Gasteiger partial charge in [0.15, 0.2) is 0 Å². The van der Waals surface area contributed by atoms with Gasteiger partial charge in [0.2, 0.25) is 0 Å². The summed E-state index contributed by atoms with van der Waals surface area (Å²) in [5.41, 5.74) is 8.23. The van der Waals surface area contributed by atoms with Crippen molar-refractivity contribution in [3.05, 3.63) is 41.0 Å². The average Bonchev–Trinajstić information content (AvgIpc) is 2.94. The summed E-state index contributed by atoms with van der Waals surface area (Å²) in [6.45, 7) is 4.87. The molecule has 0 bridgehead atoms. The van der Waals surface area contributed by atoms with Crippen molar-refractivity contribution in [2.75, 3.05) is 6.54 Å². The molecule has 3 atom stereocenters. The topological polar surface area (TPSA) is 64.2 Å². The Morgan fingerprint density at radius 3 is 2.75 bits per heavy atom. The second-order valence-corrected chi connectivity index (χ2v) is 7.03. The zero-order valence-electron chi connectivity index (χ0n) is 14.2. The van der Waals surface area contributed by atoms with Crippen molar-refractivity contribution in [3.63, 3.8) is 0 Å². The van der Waals surface area contributed by atoms with Gasteiger partial charge in [-0.15, -0.1) is 0 Å². The normalized spacial score (nSPS) is 24.2. The lowest BCUT2D eigenvalue weighted by Crippen LogP contribution is -2.56. The van der Waals surface area contributed by atoms with Crippen LogP contribution in [0.2, 0.25) is 5.02 Å². The van der Waals surface area contributed by atoms with Crippen molar-refractivity contribution >= 4 is 17.5 Å². The van der Waals surface area contributed by atoms with Crippen LogP contribution in [0.3, 0.4) is 0 Å². The summed E-state index contributed by atoms with van der Waals surface area (Å²) >= 11 is 6.31. The van der Waals surface area contributed by atoms with Gasteiger partial charge in [0.05, 0.1) is 10.6 Å². The fourth-order valence-corrected chi connectivity index (χ4v) is 3.59. The van der Waals surface area contributed by atoms with Crippen LogP contribution < -0.4 is 5.73 Å². The molecular formula is C18H23ClN4O. The van der Waals surface area contributed by atoms with Crippen LogP contribution in [0.5, 0.6) is 0 Å². The molecule has 1 saturated heterocycles. The number of hydrogen-bond acceptors (Lipinski definition) is 3. The molecule has 128 valence electrons. The molecule has 1 fully saturated rings. The highest BCUT2D eigenvalue weighted by molar-refractivity contribution is 6.33. The number of hydrogen-bond donors (Lipinski definition) is 1. The minimum absolute atomic E-state index is 0.000511. The molecule has 0 radical (unpaired) electrons. The number of aryl methyl sites for hydroxylation is 1. The van der Waals surface area contributed by atoms with Crippen molar-refractivity contribution in [3.8, 4) is 11.3 Å². The summed E-state index contributed by atoms with van der Waals surface area (Å²) in [4.78, 5) is 15.0. The van der Waals surface area contributed by atoms with Gasteiger partial charge in [0.25, 0.3) is 5.91 Å². The lowest BCUT2D eigenvalue weighted by Gasteiger charge is -2.41. The molecule has 24 heavy (non-hydrogen) atoms. The third-order valence-corrected chi connectivity index (χ3v) is 5.31. The van der Waals surface area contributed by atoms with E-state index in [1.807, 2.05) is 37.1 Å². The Bertz CT molecular complexity index is 757. The van der Waals surface area contributed by atoms with Crippen molar-refractivity contribution in [2.24, 2.45) is 18.7 Å². The lowest BCUT2D eigenvalue weighted by atomic mass is 9.88.